The molecular weight excluding hydrogens is 291 g/mol. The highest BCUT2D eigenvalue weighted by atomic mass is 127. The van der Waals surface area contributed by atoms with Gasteiger partial charge in [-0.25, -0.2) is 0 Å². The summed E-state index contributed by atoms with van der Waals surface area (Å²) in [7, 11) is 0. The molecule has 1 atom stereocenters. The van der Waals surface area contributed by atoms with Crippen molar-refractivity contribution in [1.82, 2.24) is 0 Å². The molecule has 0 saturated carbocycles. The molecule has 0 aliphatic heterocycles. The molecule has 1 aromatic carbocycles. The highest BCUT2D eigenvalue weighted by Crippen LogP contribution is 2.04. The lowest BCUT2D eigenvalue weighted by Crippen LogP contribution is -2.03. The molecule has 14 heavy (non-hydrogen) atoms. The van der Waals surface area contributed by atoms with Crippen LogP contribution < -0.4 is 0 Å². The van der Waals surface area contributed by atoms with Gasteiger partial charge < -0.3 is 5.11 Å². The van der Waals surface area contributed by atoms with Gasteiger partial charge in [-0.15, -0.1) is 0 Å². The summed E-state index contributed by atoms with van der Waals surface area (Å²) < 4.78 is -0.134. The zero-order valence-electron chi connectivity index (χ0n) is 7.40. The smallest absolute Gasteiger partial charge is 0.305 e. The summed E-state index contributed by atoms with van der Waals surface area (Å²) in [5, 5.41) is 8.51. The molecular formula is C11H9IO2. The van der Waals surface area contributed by atoms with Gasteiger partial charge in [0.25, 0.3) is 0 Å². The van der Waals surface area contributed by atoms with Gasteiger partial charge >= 0.3 is 5.97 Å². The average molecular weight is 300 g/mol. The van der Waals surface area contributed by atoms with Gasteiger partial charge in [0, 0.05) is 5.56 Å². The summed E-state index contributed by atoms with van der Waals surface area (Å²) in [5.74, 6) is 5.00. The first-order chi connectivity index (χ1) is 6.68. The van der Waals surface area contributed by atoms with E-state index in [1.807, 2.05) is 52.9 Å². The van der Waals surface area contributed by atoms with E-state index in [0.717, 1.165) is 5.56 Å². The van der Waals surface area contributed by atoms with E-state index in [1.165, 1.54) is 0 Å². The van der Waals surface area contributed by atoms with E-state index < -0.39 is 5.97 Å². The molecule has 0 fully saturated rings. The van der Waals surface area contributed by atoms with Crippen molar-refractivity contribution in [2.75, 3.05) is 0 Å². The van der Waals surface area contributed by atoms with Crippen molar-refractivity contribution in [3.05, 3.63) is 35.9 Å². The highest BCUT2D eigenvalue weighted by Gasteiger charge is 2.04. The summed E-state index contributed by atoms with van der Waals surface area (Å²) in [6.45, 7) is 0. The fraction of sp³-hybridized carbons (Fsp3) is 0.182. The van der Waals surface area contributed by atoms with Crippen LogP contribution in [0.5, 0.6) is 0 Å². The van der Waals surface area contributed by atoms with Crippen LogP contribution in [-0.4, -0.2) is 15.0 Å². The standard InChI is InChI=1S/C11H9IO2/c12-10(8-11(13)14)7-6-9-4-2-1-3-5-9/h1-5,10H,8H2,(H,13,14). The number of carboxylic acid groups (broad SMARTS) is 1. The second-order valence-corrected chi connectivity index (χ2v) is 4.20. The van der Waals surface area contributed by atoms with Crippen molar-refractivity contribution < 1.29 is 9.90 Å². The number of hydrogen-bond acceptors (Lipinski definition) is 1. The van der Waals surface area contributed by atoms with Crippen molar-refractivity contribution >= 4 is 28.6 Å². The molecule has 0 aliphatic carbocycles. The van der Waals surface area contributed by atoms with Gasteiger partial charge in [-0.1, -0.05) is 52.6 Å². The van der Waals surface area contributed by atoms with Crippen molar-refractivity contribution in [2.45, 2.75) is 10.3 Å². The van der Waals surface area contributed by atoms with Crippen LogP contribution in [0.15, 0.2) is 30.3 Å². The minimum Gasteiger partial charge on any atom is -0.481 e. The van der Waals surface area contributed by atoms with Crippen LogP contribution in [0.3, 0.4) is 0 Å². The molecule has 0 spiro atoms. The predicted octanol–water partition coefficient (Wildman–Crippen LogP) is 2.32. The summed E-state index contributed by atoms with van der Waals surface area (Å²) >= 11 is 2.03. The zero-order valence-corrected chi connectivity index (χ0v) is 9.56. The van der Waals surface area contributed by atoms with Crippen molar-refractivity contribution in [2.24, 2.45) is 0 Å². The average Bonchev–Trinajstić information content (AvgIpc) is 2.15. The number of rotatable bonds is 2. The van der Waals surface area contributed by atoms with Crippen LogP contribution in [0.4, 0.5) is 0 Å². The van der Waals surface area contributed by atoms with Gasteiger partial charge in [-0.05, 0) is 12.1 Å². The Morgan fingerprint density at radius 1 is 1.43 bits per heavy atom. The van der Waals surface area contributed by atoms with Gasteiger partial charge in [0.05, 0.1) is 10.3 Å². The van der Waals surface area contributed by atoms with Gasteiger partial charge in [0.1, 0.15) is 0 Å². The Balaban J connectivity index is 2.60. The van der Waals surface area contributed by atoms with E-state index in [1.54, 1.807) is 0 Å². The Hall–Kier alpha value is -1.02. The third kappa shape index (κ3) is 4.28. The number of aliphatic carboxylic acids is 1. The van der Waals surface area contributed by atoms with Crippen LogP contribution in [0.25, 0.3) is 0 Å². The molecule has 0 amide bonds. The number of halogens is 1. The van der Waals surface area contributed by atoms with E-state index in [9.17, 15) is 4.79 Å². The number of alkyl halides is 1. The molecule has 3 heteroatoms. The Labute approximate surface area is 96.5 Å². The predicted molar refractivity (Wildman–Crippen MR) is 63.4 cm³/mol. The van der Waals surface area contributed by atoms with Gasteiger partial charge in [0.15, 0.2) is 0 Å². The third-order valence-corrected chi connectivity index (χ3v) is 2.25. The largest absolute Gasteiger partial charge is 0.481 e. The van der Waals surface area contributed by atoms with Gasteiger partial charge in [-0.3, -0.25) is 4.79 Å². The Kier molecular flexibility index (Phi) is 4.47. The normalized spacial score (nSPS) is 11.2. The second kappa shape index (κ2) is 5.66. The molecule has 72 valence electrons. The number of carbonyl (C=O) groups is 1. The summed E-state index contributed by atoms with van der Waals surface area (Å²) in [6.07, 6.45) is 0.0837. The molecule has 1 N–H and O–H groups in total. The van der Waals surface area contributed by atoms with E-state index in [4.69, 9.17) is 5.11 Å². The van der Waals surface area contributed by atoms with Gasteiger partial charge in [-0.2, -0.15) is 0 Å². The first kappa shape index (κ1) is 11.1. The lowest BCUT2D eigenvalue weighted by Gasteiger charge is -1.94. The van der Waals surface area contributed by atoms with Crippen LogP contribution in [0.1, 0.15) is 12.0 Å². The topological polar surface area (TPSA) is 37.3 Å². The van der Waals surface area contributed by atoms with Crippen LogP contribution in [0.2, 0.25) is 0 Å². The fourth-order valence-electron chi connectivity index (χ4n) is 0.887. The minimum atomic E-state index is -0.813. The Morgan fingerprint density at radius 2 is 2.07 bits per heavy atom. The molecule has 0 heterocycles. The zero-order chi connectivity index (χ0) is 10.4. The van der Waals surface area contributed by atoms with E-state index in [-0.39, 0.29) is 10.3 Å². The molecule has 1 unspecified atom stereocenters. The summed E-state index contributed by atoms with van der Waals surface area (Å²) in [5.41, 5.74) is 0.916. The van der Waals surface area contributed by atoms with E-state index in [0.29, 0.717) is 0 Å². The molecule has 0 radical (unpaired) electrons. The highest BCUT2D eigenvalue weighted by molar-refractivity contribution is 14.1. The monoisotopic (exact) mass is 300 g/mol. The molecule has 1 rings (SSSR count). The number of carboxylic acids is 1. The molecule has 2 nitrogen and oxygen atoms in total. The quantitative estimate of drug-likeness (QED) is 0.517. The number of benzene rings is 1. The summed E-state index contributed by atoms with van der Waals surface area (Å²) in [4.78, 5) is 10.3. The molecule has 0 aromatic heterocycles. The minimum absolute atomic E-state index is 0.0837. The molecule has 0 bridgehead atoms. The first-order valence-electron chi connectivity index (χ1n) is 4.11. The summed E-state index contributed by atoms with van der Waals surface area (Å²) in [6, 6.07) is 9.53. The fourth-order valence-corrected chi connectivity index (χ4v) is 1.42. The van der Waals surface area contributed by atoms with E-state index >= 15 is 0 Å². The van der Waals surface area contributed by atoms with Crippen molar-refractivity contribution in [3.8, 4) is 11.8 Å². The van der Waals surface area contributed by atoms with Crippen LogP contribution >= 0.6 is 22.6 Å². The molecule has 1 aromatic rings. The van der Waals surface area contributed by atoms with Crippen molar-refractivity contribution in [1.29, 1.82) is 0 Å². The molecule has 0 saturated heterocycles. The molecule has 0 aliphatic rings. The maximum atomic E-state index is 10.3. The van der Waals surface area contributed by atoms with Crippen LogP contribution in [-0.2, 0) is 4.79 Å². The lowest BCUT2D eigenvalue weighted by molar-refractivity contribution is -0.136. The SMILES string of the molecule is O=C(O)CC(I)C#Cc1ccccc1. The Morgan fingerprint density at radius 3 is 2.64 bits per heavy atom. The first-order valence-corrected chi connectivity index (χ1v) is 5.35. The second-order valence-electron chi connectivity index (χ2n) is 2.70. The Bertz CT molecular complexity index is 362. The number of hydrogen-bond donors (Lipinski definition) is 1. The van der Waals surface area contributed by atoms with Crippen LogP contribution in [0, 0.1) is 11.8 Å². The van der Waals surface area contributed by atoms with Crippen molar-refractivity contribution in [3.63, 3.8) is 0 Å². The maximum absolute atomic E-state index is 10.3. The van der Waals surface area contributed by atoms with E-state index in [2.05, 4.69) is 11.8 Å². The maximum Gasteiger partial charge on any atom is 0.305 e. The third-order valence-electron chi connectivity index (χ3n) is 1.50. The van der Waals surface area contributed by atoms with Gasteiger partial charge in [0.2, 0.25) is 0 Å². The lowest BCUT2D eigenvalue weighted by atomic mass is 10.2.